The molecule has 0 heterocycles. The first kappa shape index (κ1) is 150. The van der Waals surface area contributed by atoms with Crippen molar-refractivity contribution in [3.8, 4) is 0 Å². The minimum absolute atomic E-state index is 0. The Morgan fingerprint density at radius 3 is 0.778 bits per heavy atom. The molecular formula is H4AgLiO6V-5. The molecule has 0 unspecified atom stereocenters. The third-order valence-electron chi connectivity index (χ3n) is 0. The maximum Gasteiger partial charge on any atom is 0 e. The first-order chi connectivity index (χ1) is 1.00. The van der Waals surface area contributed by atoms with Crippen molar-refractivity contribution < 1.29 is 89.1 Å². The van der Waals surface area contributed by atoms with Gasteiger partial charge in [-0.15, -0.1) is 0 Å². The maximum absolute atomic E-state index is 8.06. The van der Waals surface area contributed by atoms with Crippen LogP contribution in [-0.4, -0.2) is 11.0 Å². The standard InChI is InChI=1S/Ag.Li.2H2O.4O.V/h;;2*1H2;;;;;/q;+1;;;;3*-2;. The summed E-state index contributed by atoms with van der Waals surface area (Å²) in [4.78, 5) is 0. The van der Waals surface area contributed by atoms with Crippen LogP contribution in [0, 0.1) is 0 Å². The Hall–Kier alpha value is 1.52. The van der Waals surface area contributed by atoms with Crippen molar-refractivity contribution in [2.75, 3.05) is 0 Å². The second-order valence-corrected chi connectivity index (χ2v) is 0. The van der Waals surface area contributed by atoms with Crippen molar-refractivity contribution >= 4 is 0 Å². The van der Waals surface area contributed by atoms with Gasteiger partial charge >= 0.3 is 43.2 Å². The molecule has 0 fully saturated rings. The first-order valence-corrected chi connectivity index (χ1v) is 0.728. The number of hydrogen-bond acceptors (Lipinski definition) is 1. The fourth-order valence-electron chi connectivity index (χ4n) is 0. The molecule has 0 aromatic rings. The Kier molecular flexibility index (Phi) is 4970. The van der Waals surface area contributed by atoms with E-state index in [0.29, 0.717) is 0 Å². The van der Waals surface area contributed by atoms with Crippen molar-refractivity contribution in [1.29, 1.82) is 0 Å². The predicted octanol–water partition coefficient (Wildman–Crippen LogP) is -5.13. The molecule has 0 spiro atoms. The minimum atomic E-state index is 0. The van der Waals surface area contributed by atoms with Gasteiger partial charge in [-0.1, -0.05) is 0 Å². The van der Waals surface area contributed by atoms with Crippen LogP contribution in [0.4, 0.5) is 0 Å². The van der Waals surface area contributed by atoms with E-state index < -0.39 is 0 Å². The Morgan fingerprint density at radius 1 is 0.778 bits per heavy atom. The van der Waals surface area contributed by atoms with Gasteiger partial charge in [0.15, 0.2) is 0 Å². The molecular weight excluding hydrogens is 262 g/mol. The van der Waals surface area contributed by atoms with Crippen LogP contribution in [0.5, 0.6) is 0 Å². The third-order valence-corrected chi connectivity index (χ3v) is 0. The molecule has 62 valence electrons. The summed E-state index contributed by atoms with van der Waals surface area (Å²) in [5.74, 6) is 0. The molecule has 0 aromatic heterocycles. The van der Waals surface area contributed by atoms with Crippen LogP contribution in [0.2, 0.25) is 0 Å². The van der Waals surface area contributed by atoms with Crippen LogP contribution in [0.15, 0.2) is 0 Å². The average Bonchev–Trinajstić information content (AvgIpc) is 1.00. The number of rotatable bonds is 0. The Bertz CT molecular complexity index is 13.0. The molecule has 0 bridgehead atoms. The molecule has 6 nitrogen and oxygen atoms in total. The van der Waals surface area contributed by atoms with Gasteiger partial charge in [0.05, 0.1) is 0 Å². The summed E-state index contributed by atoms with van der Waals surface area (Å²) in [6, 6.07) is 0. The van der Waals surface area contributed by atoms with E-state index in [1.807, 2.05) is 0 Å². The zero-order chi connectivity index (χ0) is 2.00. The van der Waals surface area contributed by atoms with E-state index in [1.165, 1.54) is 0 Å². The summed E-state index contributed by atoms with van der Waals surface area (Å²) in [7, 11) is 0. The normalized spacial score (nSPS) is 0.667. The van der Waals surface area contributed by atoms with E-state index in [-0.39, 0.29) is 64.8 Å². The van der Waals surface area contributed by atoms with Gasteiger partial charge in [-0.05, 0) is 0 Å². The van der Waals surface area contributed by atoms with Gasteiger partial charge in [-0.2, -0.15) is 0 Å². The SMILES string of the molecule is O.O.[Li+].[O-2].[O-2].[O-2].[O]=[Ag].[V]. The molecule has 1 radical (unpaired) electrons. The quantitative estimate of drug-likeness (QED) is 0.393. The van der Waals surface area contributed by atoms with Crippen molar-refractivity contribution in [3.63, 3.8) is 0 Å². The third kappa shape index (κ3) is 233. The van der Waals surface area contributed by atoms with Crippen LogP contribution in [0.3, 0.4) is 0 Å². The first-order valence-electron chi connectivity index (χ1n) is 0.123. The van der Waals surface area contributed by atoms with Crippen LogP contribution < -0.4 is 18.9 Å². The van der Waals surface area contributed by atoms with Gasteiger partial charge < -0.3 is 27.4 Å². The second-order valence-electron chi connectivity index (χ2n) is 0. The van der Waals surface area contributed by atoms with E-state index in [2.05, 4.69) is 0 Å². The van der Waals surface area contributed by atoms with Crippen molar-refractivity contribution in [1.82, 2.24) is 0 Å². The topological polar surface area (TPSA) is 166 Å². The van der Waals surface area contributed by atoms with E-state index >= 15 is 0 Å². The fraction of sp³-hybridized carbons (Fsp3) is 0. The molecule has 0 amide bonds. The van der Waals surface area contributed by atoms with Crippen LogP contribution in [0.25, 0.3) is 0 Å². The summed E-state index contributed by atoms with van der Waals surface area (Å²) >= 11 is 1.70. The van der Waals surface area contributed by atoms with E-state index in [9.17, 15) is 0 Å². The van der Waals surface area contributed by atoms with Gasteiger partial charge in [0.1, 0.15) is 0 Å². The second kappa shape index (κ2) is 299. The summed E-state index contributed by atoms with van der Waals surface area (Å²) in [5, 5.41) is 0. The van der Waals surface area contributed by atoms with E-state index in [0.717, 1.165) is 0 Å². The van der Waals surface area contributed by atoms with Crippen molar-refractivity contribution in [2.24, 2.45) is 0 Å². The molecule has 0 atom stereocenters. The molecule has 0 aromatic carbocycles. The molecule has 0 saturated heterocycles. The monoisotopic (exact) mass is 265 g/mol. The zero-order valence-electron chi connectivity index (χ0n) is 4.38. The van der Waals surface area contributed by atoms with Crippen molar-refractivity contribution in [2.45, 2.75) is 0 Å². The smallest absolute Gasteiger partial charge is 0 e. The van der Waals surface area contributed by atoms with Crippen molar-refractivity contribution in [3.05, 3.63) is 0 Å². The summed E-state index contributed by atoms with van der Waals surface area (Å²) < 4.78 is 8.06. The number of hydrogen-bond donors (Lipinski definition) is 0. The van der Waals surface area contributed by atoms with Gasteiger partial charge in [0.25, 0.3) is 0 Å². The van der Waals surface area contributed by atoms with Gasteiger partial charge in [0.2, 0.25) is 0 Å². The molecule has 9 heteroatoms. The summed E-state index contributed by atoms with van der Waals surface area (Å²) in [6.45, 7) is 0. The van der Waals surface area contributed by atoms with E-state index in [1.54, 1.807) is 21.0 Å². The Morgan fingerprint density at radius 2 is 0.778 bits per heavy atom. The molecule has 0 aliphatic carbocycles. The van der Waals surface area contributed by atoms with Gasteiger partial charge in [-0.25, -0.2) is 0 Å². The van der Waals surface area contributed by atoms with Gasteiger partial charge in [0, 0.05) is 18.6 Å². The van der Waals surface area contributed by atoms with Gasteiger partial charge in [-0.3, -0.25) is 0 Å². The fourth-order valence-corrected chi connectivity index (χ4v) is 0. The molecule has 9 heavy (non-hydrogen) atoms. The maximum atomic E-state index is 8.06. The molecule has 0 aliphatic rings. The molecule has 0 rings (SSSR count). The Labute approximate surface area is 88.6 Å². The zero-order valence-corrected chi connectivity index (χ0v) is 7.26. The van der Waals surface area contributed by atoms with Crippen LogP contribution >= 0.6 is 0 Å². The largest absolute Gasteiger partial charge is 0 e. The molecule has 0 aliphatic heterocycles. The van der Waals surface area contributed by atoms with Crippen LogP contribution in [-0.2, 0) is 59.3 Å². The molecule has 0 saturated carbocycles. The summed E-state index contributed by atoms with van der Waals surface area (Å²) in [5.41, 5.74) is 0. The Balaban J connectivity index is -0.000000000238. The predicted molar refractivity (Wildman–Crippen MR) is 9.97 cm³/mol. The van der Waals surface area contributed by atoms with E-state index in [4.69, 9.17) is 3.25 Å². The summed E-state index contributed by atoms with van der Waals surface area (Å²) in [6.07, 6.45) is 0. The molecule has 4 N–H and O–H groups in total. The average molecular weight is 266 g/mol. The van der Waals surface area contributed by atoms with Crippen LogP contribution in [0.1, 0.15) is 0 Å². The minimum Gasteiger partial charge on any atom is 0 e.